The van der Waals surface area contributed by atoms with E-state index in [2.05, 4.69) is 69.8 Å². The van der Waals surface area contributed by atoms with Gasteiger partial charge in [0.15, 0.2) is 0 Å². The summed E-state index contributed by atoms with van der Waals surface area (Å²) in [5, 5.41) is 16.4. The zero-order chi connectivity index (χ0) is 47.3. The van der Waals surface area contributed by atoms with E-state index in [4.69, 9.17) is 65.4 Å². The Kier molecular flexibility index (Phi) is 15.5. The fourth-order valence-corrected chi connectivity index (χ4v) is 11.5. The first-order valence-corrected chi connectivity index (χ1v) is 25.1. The molecule has 0 aliphatic carbocycles. The minimum Gasteiger partial charge on any atom is -0.426 e. The van der Waals surface area contributed by atoms with Gasteiger partial charge in [-0.3, -0.25) is 19.2 Å². The van der Waals surface area contributed by atoms with Crippen LogP contribution in [0.15, 0.2) is 121 Å². The molecule has 4 aromatic carbocycles. The molecule has 0 radical (unpaired) electrons. The molecule has 5 heterocycles. The summed E-state index contributed by atoms with van der Waals surface area (Å²) < 4.78 is 22.6. The molecule has 12 nitrogen and oxygen atoms in total. The van der Waals surface area contributed by atoms with Crippen molar-refractivity contribution in [3.05, 3.63) is 144 Å². The Morgan fingerprint density at radius 1 is 0.382 bits per heavy atom. The van der Waals surface area contributed by atoms with Crippen molar-refractivity contribution in [1.82, 2.24) is 21.3 Å². The highest BCUT2D eigenvalue weighted by Gasteiger charge is 2.47. The van der Waals surface area contributed by atoms with Crippen LogP contribution in [0.1, 0.15) is 71.6 Å². The van der Waals surface area contributed by atoms with E-state index < -0.39 is 23.9 Å². The SMILES string of the molecule is O=C(CCl)Oc1cccc(C2C3C=CC(N3)C(c3cccc(OC(=O)CCl)c3)C3CCC(N3)C(c3cccc(OC(=O)CCl)c3)C3C=CC(N3)C(c3cccc(OC(=O)CCl)c3)C3CCC2N3)c1. The Labute approximate surface area is 415 Å². The van der Waals surface area contributed by atoms with Crippen LogP contribution in [0.25, 0.3) is 0 Å². The van der Waals surface area contributed by atoms with Crippen LogP contribution in [-0.4, -0.2) is 95.7 Å². The Balaban J connectivity index is 1.15. The third-order valence-corrected chi connectivity index (χ3v) is 14.7. The molecule has 3 fully saturated rings. The van der Waals surface area contributed by atoms with Crippen molar-refractivity contribution in [1.29, 1.82) is 0 Å². The van der Waals surface area contributed by atoms with Crippen molar-refractivity contribution in [3.63, 3.8) is 0 Å². The predicted molar refractivity (Wildman–Crippen MR) is 262 cm³/mol. The van der Waals surface area contributed by atoms with Gasteiger partial charge in [-0.1, -0.05) is 72.8 Å². The van der Waals surface area contributed by atoms with Crippen LogP contribution in [0.2, 0.25) is 0 Å². The molecule has 68 heavy (non-hydrogen) atoms. The van der Waals surface area contributed by atoms with Crippen LogP contribution in [0.5, 0.6) is 23.0 Å². The van der Waals surface area contributed by atoms with Crippen LogP contribution in [0, 0.1) is 0 Å². The number of ether oxygens (including phenoxy) is 4. The number of halogens is 4. The van der Waals surface area contributed by atoms with E-state index in [1.165, 1.54) is 0 Å². The second-order valence-electron chi connectivity index (χ2n) is 17.9. The Bertz CT molecular complexity index is 2220. The van der Waals surface area contributed by atoms with Gasteiger partial charge in [0.2, 0.25) is 0 Å². The molecule has 0 saturated carbocycles. The molecule has 12 unspecified atom stereocenters. The normalized spacial score (nSPS) is 29.4. The first kappa shape index (κ1) is 48.3. The number of carbonyl (C=O) groups is 4. The van der Waals surface area contributed by atoms with Crippen LogP contribution >= 0.6 is 46.4 Å². The molecule has 9 rings (SSSR count). The second kappa shape index (κ2) is 21.9. The highest BCUT2D eigenvalue weighted by molar-refractivity contribution is 6.27. The first-order chi connectivity index (χ1) is 33.1. The van der Waals surface area contributed by atoms with Crippen molar-refractivity contribution in [2.75, 3.05) is 23.5 Å². The van der Waals surface area contributed by atoms with Crippen LogP contribution in [0.4, 0.5) is 0 Å². The maximum Gasteiger partial charge on any atom is 0.326 e. The minimum absolute atomic E-state index is 0.0364. The van der Waals surface area contributed by atoms with Gasteiger partial charge in [-0.05, 0) is 96.5 Å². The topological polar surface area (TPSA) is 153 Å². The fourth-order valence-electron chi connectivity index (χ4n) is 11.3. The average molecular weight is 1000 g/mol. The van der Waals surface area contributed by atoms with Gasteiger partial charge < -0.3 is 40.2 Å². The Morgan fingerprint density at radius 3 is 0.838 bits per heavy atom. The molecule has 0 aromatic heterocycles. The third kappa shape index (κ3) is 10.8. The number of esters is 4. The van der Waals surface area contributed by atoms with Crippen molar-refractivity contribution < 1.29 is 38.1 Å². The lowest BCUT2D eigenvalue weighted by atomic mass is 9.83. The summed E-state index contributed by atoms with van der Waals surface area (Å²) in [6.07, 6.45) is 12.3. The molecule has 0 amide bonds. The number of hydrogen-bond acceptors (Lipinski definition) is 12. The van der Waals surface area contributed by atoms with Crippen molar-refractivity contribution in [3.8, 4) is 23.0 Å². The van der Waals surface area contributed by atoms with Crippen LogP contribution in [0.3, 0.4) is 0 Å². The number of benzene rings is 4. The quantitative estimate of drug-likeness (QED) is 0.0476. The van der Waals surface area contributed by atoms with Gasteiger partial charge in [-0.2, -0.15) is 0 Å². The van der Waals surface area contributed by atoms with E-state index in [9.17, 15) is 19.2 Å². The van der Waals surface area contributed by atoms with Crippen LogP contribution in [-0.2, 0) is 19.2 Å². The van der Waals surface area contributed by atoms with Gasteiger partial charge in [0.25, 0.3) is 0 Å². The highest BCUT2D eigenvalue weighted by Crippen LogP contribution is 2.45. The lowest BCUT2D eigenvalue weighted by molar-refractivity contribution is -0.132. The van der Waals surface area contributed by atoms with E-state index >= 15 is 0 Å². The molecule has 5 aliphatic heterocycles. The molecule has 8 bridgehead atoms. The number of alkyl halides is 4. The van der Waals surface area contributed by atoms with Crippen molar-refractivity contribution in [2.45, 2.75) is 97.7 Å². The summed E-state index contributed by atoms with van der Waals surface area (Å²) >= 11 is 23.5. The monoisotopic (exact) mass is 1000 g/mol. The van der Waals surface area contributed by atoms with Gasteiger partial charge in [0.1, 0.15) is 46.5 Å². The van der Waals surface area contributed by atoms with Crippen LogP contribution < -0.4 is 40.2 Å². The lowest BCUT2D eigenvalue weighted by Gasteiger charge is -2.38. The number of carbonyl (C=O) groups excluding carboxylic acids is 4. The van der Waals surface area contributed by atoms with E-state index in [1.54, 1.807) is 24.3 Å². The van der Waals surface area contributed by atoms with Gasteiger partial charge in [-0.15, -0.1) is 46.4 Å². The molecule has 356 valence electrons. The van der Waals surface area contributed by atoms with E-state index in [1.807, 2.05) is 48.5 Å². The third-order valence-electron chi connectivity index (χ3n) is 13.9. The molecule has 4 aromatic rings. The summed E-state index contributed by atoms with van der Waals surface area (Å²) in [6, 6.07) is 30.0. The molecule has 3 saturated heterocycles. The fraction of sp³-hybridized carbons (Fsp3) is 0.385. The van der Waals surface area contributed by atoms with Gasteiger partial charge in [-0.25, -0.2) is 0 Å². The molecule has 4 N–H and O–H groups in total. The molecular weight excluding hydrogens is 950 g/mol. The van der Waals surface area contributed by atoms with Crippen molar-refractivity contribution >= 4 is 70.3 Å². The Hall–Kier alpha value is -4.76. The smallest absolute Gasteiger partial charge is 0.326 e. The molecular formula is C52H52Cl4N4O8. The maximum absolute atomic E-state index is 12.4. The number of fused-ring (bicyclic) bond motifs is 8. The average Bonchev–Trinajstić information content (AvgIpc) is 4.20. The van der Waals surface area contributed by atoms with Gasteiger partial charge >= 0.3 is 23.9 Å². The predicted octanol–water partition coefficient (Wildman–Crippen LogP) is 7.75. The molecule has 5 aliphatic rings. The molecule has 16 heteroatoms. The zero-order valence-electron chi connectivity index (χ0n) is 36.9. The molecule has 12 atom stereocenters. The van der Waals surface area contributed by atoms with Gasteiger partial charge in [0.05, 0.1) is 0 Å². The van der Waals surface area contributed by atoms with E-state index in [0.717, 1.165) is 47.9 Å². The minimum atomic E-state index is -0.536. The number of rotatable bonds is 12. The van der Waals surface area contributed by atoms with E-state index in [-0.39, 0.29) is 95.5 Å². The zero-order valence-corrected chi connectivity index (χ0v) is 39.9. The summed E-state index contributed by atoms with van der Waals surface area (Å²) in [5.41, 5.74) is 3.96. The lowest BCUT2D eigenvalue weighted by Crippen LogP contribution is -2.52. The number of hydrogen-bond donors (Lipinski definition) is 4. The largest absolute Gasteiger partial charge is 0.426 e. The highest BCUT2D eigenvalue weighted by atomic mass is 35.5. The maximum atomic E-state index is 12.4. The summed E-state index contributed by atoms with van der Waals surface area (Å²) in [7, 11) is 0. The molecule has 0 spiro atoms. The summed E-state index contributed by atoms with van der Waals surface area (Å²) in [6.45, 7) is 0. The van der Waals surface area contributed by atoms with E-state index in [0.29, 0.717) is 23.0 Å². The standard InChI is InChI=1S/C52H52Cl4N4O8/c53-25-45(61)65-33-9-1-5-29(21-33)49-37-13-15-39(57-37)50(30-6-2-10-34(22-30)66-46(62)26-54)41-17-19-43(59-41)52(32-8-4-12-36(24-32)68-48(64)28-56)44-20-18-42(60-44)51(40-16-14-38(49)58-40)31-7-3-11-35(23-31)67-47(63)27-55/h1-13,15,18,20-24,37-44,49-52,57-60H,14,16-17,19,25-28H2. The van der Waals surface area contributed by atoms with Gasteiger partial charge in [0, 0.05) is 72.0 Å². The Morgan fingerprint density at radius 2 is 0.618 bits per heavy atom. The first-order valence-electron chi connectivity index (χ1n) is 23.0. The summed E-state index contributed by atoms with van der Waals surface area (Å²) in [5.74, 6) is -2.04. The second-order valence-corrected chi connectivity index (χ2v) is 19.0. The van der Waals surface area contributed by atoms with Crippen molar-refractivity contribution in [2.24, 2.45) is 0 Å². The summed E-state index contributed by atoms with van der Waals surface area (Å²) in [4.78, 5) is 49.7. The number of nitrogens with one attached hydrogen (secondary N) is 4.